The molecule has 1 saturated heterocycles. The fraction of sp³-hybridized carbons (Fsp3) is 0.833. The third-order valence-corrected chi connectivity index (χ3v) is 3.13. The van der Waals surface area contributed by atoms with E-state index in [9.17, 15) is 8.78 Å². The predicted molar refractivity (Wildman–Crippen MR) is 60.1 cm³/mol. The molecule has 94 valence electrons. The van der Waals surface area contributed by atoms with E-state index in [1.54, 1.807) is 0 Å². The van der Waals surface area contributed by atoms with Gasteiger partial charge in [0.1, 0.15) is 0 Å². The SMILES string of the molecule is C=CC(F)(F)ON1C(C)(C)CCCC1(C)C. The molecule has 1 fully saturated rings. The Morgan fingerprint density at radius 3 is 2.00 bits per heavy atom. The van der Waals surface area contributed by atoms with Crippen LogP contribution in [0.1, 0.15) is 47.0 Å². The van der Waals surface area contributed by atoms with Gasteiger partial charge in [-0.2, -0.15) is 13.8 Å². The summed E-state index contributed by atoms with van der Waals surface area (Å²) in [6.45, 7) is 10.8. The van der Waals surface area contributed by atoms with E-state index < -0.39 is 6.11 Å². The molecule has 0 aromatic rings. The molecular weight excluding hydrogens is 212 g/mol. The molecule has 1 heterocycles. The second kappa shape index (κ2) is 4.08. The first-order valence-electron chi connectivity index (χ1n) is 5.62. The van der Waals surface area contributed by atoms with Crippen molar-refractivity contribution in [3.63, 3.8) is 0 Å². The lowest BCUT2D eigenvalue weighted by Crippen LogP contribution is -2.60. The number of halogens is 2. The first kappa shape index (κ1) is 13.6. The van der Waals surface area contributed by atoms with E-state index in [1.165, 1.54) is 5.06 Å². The van der Waals surface area contributed by atoms with Gasteiger partial charge in [-0.05, 0) is 47.0 Å². The minimum Gasteiger partial charge on any atom is -0.225 e. The number of piperidine rings is 1. The lowest BCUT2D eigenvalue weighted by Gasteiger charge is -2.51. The summed E-state index contributed by atoms with van der Waals surface area (Å²) >= 11 is 0. The molecule has 0 saturated carbocycles. The van der Waals surface area contributed by atoms with Crippen molar-refractivity contribution < 1.29 is 13.6 Å². The number of nitrogens with zero attached hydrogens (tertiary/aromatic N) is 1. The fourth-order valence-electron chi connectivity index (χ4n) is 2.38. The topological polar surface area (TPSA) is 12.5 Å². The number of rotatable bonds is 3. The Labute approximate surface area is 96.2 Å². The molecule has 0 amide bonds. The number of alkyl halides is 2. The molecule has 0 spiro atoms. The smallest absolute Gasteiger partial charge is 0.225 e. The Balaban J connectivity index is 2.91. The van der Waals surface area contributed by atoms with Crippen LogP contribution in [-0.2, 0) is 4.84 Å². The lowest BCUT2D eigenvalue weighted by atomic mass is 9.82. The second-order valence-corrected chi connectivity index (χ2v) is 5.63. The van der Waals surface area contributed by atoms with Gasteiger partial charge in [-0.25, -0.2) is 4.84 Å². The molecule has 1 aliphatic heterocycles. The highest BCUT2D eigenvalue weighted by Gasteiger charge is 2.46. The van der Waals surface area contributed by atoms with Crippen LogP contribution in [0.25, 0.3) is 0 Å². The number of hydroxylamine groups is 2. The quantitative estimate of drug-likeness (QED) is 0.688. The van der Waals surface area contributed by atoms with Crippen molar-refractivity contribution in [1.82, 2.24) is 5.06 Å². The molecule has 0 aliphatic carbocycles. The zero-order valence-electron chi connectivity index (χ0n) is 10.5. The minimum atomic E-state index is -3.30. The standard InChI is InChI=1S/C12H21F2NO/c1-6-12(13,14)16-15-10(2,3)8-7-9-11(15,4)5/h6H,1,7-9H2,2-5H3. The van der Waals surface area contributed by atoms with Gasteiger partial charge in [-0.1, -0.05) is 6.58 Å². The van der Waals surface area contributed by atoms with E-state index in [0.717, 1.165) is 19.3 Å². The van der Waals surface area contributed by atoms with Gasteiger partial charge in [0, 0.05) is 17.2 Å². The summed E-state index contributed by atoms with van der Waals surface area (Å²) in [6, 6.07) is 0. The molecule has 1 aliphatic rings. The van der Waals surface area contributed by atoms with Crippen molar-refractivity contribution in [3.05, 3.63) is 12.7 Å². The Morgan fingerprint density at radius 1 is 1.19 bits per heavy atom. The van der Waals surface area contributed by atoms with Crippen molar-refractivity contribution in [2.75, 3.05) is 0 Å². The lowest BCUT2D eigenvalue weighted by molar-refractivity contribution is -0.390. The summed E-state index contributed by atoms with van der Waals surface area (Å²) in [5.74, 6) is 0. The normalized spacial score (nSPS) is 25.4. The molecule has 0 N–H and O–H groups in total. The maximum Gasteiger partial charge on any atom is 0.391 e. The molecule has 16 heavy (non-hydrogen) atoms. The molecule has 2 nitrogen and oxygen atoms in total. The highest BCUT2D eigenvalue weighted by molar-refractivity contribution is 4.94. The summed E-state index contributed by atoms with van der Waals surface area (Å²) in [4.78, 5) is 4.84. The first-order chi connectivity index (χ1) is 7.11. The van der Waals surface area contributed by atoms with Crippen molar-refractivity contribution in [2.45, 2.75) is 64.1 Å². The molecule has 0 radical (unpaired) electrons. The minimum absolute atomic E-state index is 0.381. The molecule has 0 unspecified atom stereocenters. The zero-order valence-corrected chi connectivity index (χ0v) is 10.5. The van der Waals surface area contributed by atoms with E-state index in [4.69, 9.17) is 4.84 Å². The Kier molecular flexibility index (Phi) is 3.46. The van der Waals surface area contributed by atoms with E-state index in [1.807, 2.05) is 27.7 Å². The molecular formula is C12H21F2NO. The second-order valence-electron chi connectivity index (χ2n) is 5.63. The largest absolute Gasteiger partial charge is 0.391 e. The highest BCUT2D eigenvalue weighted by atomic mass is 19.3. The van der Waals surface area contributed by atoms with Crippen molar-refractivity contribution in [1.29, 1.82) is 0 Å². The van der Waals surface area contributed by atoms with E-state index >= 15 is 0 Å². The van der Waals surface area contributed by atoms with Crippen LogP contribution in [0.3, 0.4) is 0 Å². The zero-order chi connectivity index (χ0) is 12.6. The van der Waals surface area contributed by atoms with E-state index in [2.05, 4.69) is 6.58 Å². The Morgan fingerprint density at radius 2 is 1.62 bits per heavy atom. The van der Waals surface area contributed by atoms with Crippen molar-refractivity contribution >= 4 is 0 Å². The Bertz CT molecular complexity index is 258. The average molecular weight is 233 g/mol. The third-order valence-electron chi connectivity index (χ3n) is 3.13. The highest BCUT2D eigenvalue weighted by Crippen LogP contribution is 2.40. The van der Waals surface area contributed by atoms with Crippen LogP contribution in [0.5, 0.6) is 0 Å². The third kappa shape index (κ3) is 2.80. The van der Waals surface area contributed by atoms with Gasteiger partial charge in [-0.3, -0.25) is 0 Å². The van der Waals surface area contributed by atoms with Crippen molar-refractivity contribution in [3.8, 4) is 0 Å². The summed E-state index contributed by atoms with van der Waals surface area (Å²) in [5, 5.41) is 1.44. The molecule has 1 rings (SSSR count). The average Bonchev–Trinajstić information content (AvgIpc) is 2.11. The predicted octanol–water partition coefficient (Wildman–Crippen LogP) is 3.74. The van der Waals surface area contributed by atoms with Crippen LogP contribution >= 0.6 is 0 Å². The maximum absolute atomic E-state index is 13.2. The summed E-state index contributed by atoms with van der Waals surface area (Å²) in [7, 11) is 0. The molecule has 0 bridgehead atoms. The number of hydrogen-bond acceptors (Lipinski definition) is 2. The van der Waals surface area contributed by atoms with Crippen molar-refractivity contribution in [2.24, 2.45) is 0 Å². The van der Waals surface area contributed by atoms with Crippen LogP contribution in [0.4, 0.5) is 8.78 Å². The van der Waals surface area contributed by atoms with Crippen LogP contribution in [0.2, 0.25) is 0 Å². The summed E-state index contributed by atoms with van der Waals surface area (Å²) in [5.41, 5.74) is -0.762. The molecule has 0 aromatic carbocycles. The van der Waals surface area contributed by atoms with Gasteiger partial charge in [-0.15, -0.1) is 0 Å². The first-order valence-corrected chi connectivity index (χ1v) is 5.62. The summed E-state index contributed by atoms with van der Waals surface area (Å²) < 4.78 is 26.5. The van der Waals surface area contributed by atoms with Gasteiger partial charge >= 0.3 is 6.11 Å². The Hall–Kier alpha value is -0.480. The fourth-order valence-corrected chi connectivity index (χ4v) is 2.38. The van der Waals surface area contributed by atoms with Gasteiger partial charge in [0.25, 0.3) is 0 Å². The number of hydrogen-bond donors (Lipinski definition) is 0. The van der Waals surface area contributed by atoms with Crippen LogP contribution in [-0.4, -0.2) is 22.2 Å². The summed E-state index contributed by atoms with van der Waals surface area (Å²) in [6.07, 6.45) is -0.0352. The van der Waals surface area contributed by atoms with Gasteiger partial charge < -0.3 is 0 Å². The molecule has 0 aromatic heterocycles. The van der Waals surface area contributed by atoms with Gasteiger partial charge in [0.15, 0.2) is 0 Å². The van der Waals surface area contributed by atoms with Gasteiger partial charge in [0.05, 0.1) is 0 Å². The van der Waals surface area contributed by atoms with Crippen LogP contribution in [0, 0.1) is 0 Å². The maximum atomic E-state index is 13.2. The van der Waals surface area contributed by atoms with E-state index in [0.29, 0.717) is 6.08 Å². The monoisotopic (exact) mass is 233 g/mol. The molecule has 4 heteroatoms. The molecule has 0 atom stereocenters. The van der Waals surface area contributed by atoms with Gasteiger partial charge in [0.2, 0.25) is 0 Å². The van der Waals surface area contributed by atoms with E-state index in [-0.39, 0.29) is 11.1 Å². The van der Waals surface area contributed by atoms with Crippen LogP contribution in [0.15, 0.2) is 12.7 Å². The van der Waals surface area contributed by atoms with Crippen LogP contribution < -0.4 is 0 Å².